The standard InChI is InChI=1S/C25H24N6O2/c1-31(14-12-18-9-4-5-13-28-18)25(33)17-8-6-7-16(15-17)21(26)22(27)23-24(32)30-20-11-3-2-10-19(20)29-23/h2-11,13,15H,12,14,26-27H2,1H3,(H,30,32)/b22-21+. The van der Waals surface area contributed by atoms with Gasteiger partial charge in [-0.1, -0.05) is 30.3 Å². The number of H-pyrrole nitrogens is 1. The number of amides is 1. The highest BCUT2D eigenvalue weighted by atomic mass is 16.2. The van der Waals surface area contributed by atoms with E-state index in [0.717, 1.165) is 5.69 Å². The van der Waals surface area contributed by atoms with Crippen molar-refractivity contribution in [3.8, 4) is 0 Å². The third-order valence-electron chi connectivity index (χ3n) is 5.34. The maximum absolute atomic E-state index is 12.9. The second kappa shape index (κ2) is 9.35. The van der Waals surface area contributed by atoms with E-state index in [0.29, 0.717) is 35.1 Å². The van der Waals surface area contributed by atoms with Crippen molar-refractivity contribution >= 4 is 28.3 Å². The molecular formula is C25H24N6O2. The van der Waals surface area contributed by atoms with Crippen molar-refractivity contribution in [2.75, 3.05) is 13.6 Å². The van der Waals surface area contributed by atoms with Crippen molar-refractivity contribution < 1.29 is 4.79 Å². The van der Waals surface area contributed by atoms with E-state index in [2.05, 4.69) is 15.0 Å². The van der Waals surface area contributed by atoms with Gasteiger partial charge in [0, 0.05) is 43.0 Å². The number of para-hydroxylation sites is 2. The van der Waals surface area contributed by atoms with Crippen LogP contribution in [0.4, 0.5) is 0 Å². The molecule has 2 aromatic carbocycles. The summed E-state index contributed by atoms with van der Waals surface area (Å²) in [5.74, 6) is -0.152. The zero-order chi connectivity index (χ0) is 23.4. The number of hydrogen-bond acceptors (Lipinski definition) is 6. The molecule has 0 bridgehead atoms. The van der Waals surface area contributed by atoms with E-state index in [1.165, 1.54) is 0 Å². The molecule has 8 heteroatoms. The van der Waals surface area contributed by atoms with Gasteiger partial charge in [-0.2, -0.15) is 0 Å². The Morgan fingerprint density at radius 2 is 1.73 bits per heavy atom. The molecule has 0 fully saturated rings. The number of nitrogens with zero attached hydrogens (tertiary/aromatic N) is 3. The quantitative estimate of drug-likeness (QED) is 0.422. The summed E-state index contributed by atoms with van der Waals surface area (Å²) in [5, 5.41) is 0. The van der Waals surface area contributed by atoms with Crippen LogP contribution in [0.15, 0.2) is 77.7 Å². The van der Waals surface area contributed by atoms with Gasteiger partial charge in [0.05, 0.1) is 22.4 Å². The number of benzene rings is 2. The van der Waals surface area contributed by atoms with Crippen LogP contribution >= 0.6 is 0 Å². The topological polar surface area (TPSA) is 131 Å². The summed E-state index contributed by atoms with van der Waals surface area (Å²) in [4.78, 5) is 38.5. The summed E-state index contributed by atoms with van der Waals surface area (Å²) in [6.07, 6.45) is 2.38. The van der Waals surface area contributed by atoms with E-state index >= 15 is 0 Å². The van der Waals surface area contributed by atoms with Gasteiger partial charge < -0.3 is 21.4 Å². The van der Waals surface area contributed by atoms with Gasteiger partial charge in [0.1, 0.15) is 0 Å². The second-order valence-corrected chi connectivity index (χ2v) is 7.64. The zero-order valence-corrected chi connectivity index (χ0v) is 18.2. The van der Waals surface area contributed by atoms with Crippen LogP contribution in [0.2, 0.25) is 0 Å². The normalized spacial score (nSPS) is 11.8. The number of aromatic nitrogens is 3. The molecule has 0 spiro atoms. The minimum Gasteiger partial charge on any atom is -0.397 e. The van der Waals surface area contributed by atoms with Crippen molar-refractivity contribution in [1.29, 1.82) is 0 Å². The molecule has 4 aromatic rings. The smallest absolute Gasteiger partial charge is 0.276 e. The van der Waals surface area contributed by atoms with E-state index < -0.39 is 5.56 Å². The molecule has 4 rings (SSSR count). The average molecular weight is 441 g/mol. The predicted molar refractivity (Wildman–Crippen MR) is 129 cm³/mol. The summed E-state index contributed by atoms with van der Waals surface area (Å²) in [7, 11) is 1.74. The Labute approximate surface area is 190 Å². The molecule has 33 heavy (non-hydrogen) atoms. The van der Waals surface area contributed by atoms with Crippen molar-refractivity contribution in [1.82, 2.24) is 19.9 Å². The van der Waals surface area contributed by atoms with Gasteiger partial charge in [0.2, 0.25) is 0 Å². The second-order valence-electron chi connectivity index (χ2n) is 7.64. The van der Waals surface area contributed by atoms with Gasteiger partial charge in [-0.15, -0.1) is 0 Å². The average Bonchev–Trinajstić information content (AvgIpc) is 2.86. The number of aromatic amines is 1. The van der Waals surface area contributed by atoms with E-state index in [4.69, 9.17) is 11.5 Å². The number of carbonyl (C=O) groups is 1. The van der Waals surface area contributed by atoms with E-state index in [-0.39, 0.29) is 23.0 Å². The molecule has 2 heterocycles. The number of rotatable bonds is 6. The summed E-state index contributed by atoms with van der Waals surface area (Å²) >= 11 is 0. The van der Waals surface area contributed by atoms with E-state index in [1.807, 2.05) is 30.3 Å². The monoisotopic (exact) mass is 440 g/mol. The van der Waals surface area contributed by atoms with Crippen LogP contribution < -0.4 is 17.0 Å². The van der Waals surface area contributed by atoms with Crippen molar-refractivity contribution in [3.63, 3.8) is 0 Å². The molecule has 0 saturated carbocycles. The fourth-order valence-corrected chi connectivity index (χ4v) is 3.47. The van der Waals surface area contributed by atoms with Gasteiger partial charge in [0.25, 0.3) is 11.5 Å². The Balaban J connectivity index is 1.58. The fraction of sp³-hybridized carbons (Fsp3) is 0.120. The number of nitrogens with one attached hydrogen (secondary N) is 1. The van der Waals surface area contributed by atoms with Gasteiger partial charge >= 0.3 is 0 Å². The first-order chi connectivity index (χ1) is 15.9. The number of hydrogen-bond donors (Lipinski definition) is 3. The lowest BCUT2D eigenvalue weighted by atomic mass is 10.0. The first-order valence-electron chi connectivity index (χ1n) is 10.4. The minimum absolute atomic E-state index is 0.0374. The summed E-state index contributed by atoms with van der Waals surface area (Å²) in [6.45, 7) is 0.518. The predicted octanol–water partition coefficient (Wildman–Crippen LogP) is 2.38. The molecule has 0 aliphatic rings. The van der Waals surface area contributed by atoms with Crippen LogP contribution in [-0.4, -0.2) is 39.4 Å². The molecule has 0 radical (unpaired) electrons. The number of likely N-dealkylation sites (N-methyl/N-ethyl adjacent to an activating group) is 1. The summed E-state index contributed by atoms with van der Waals surface area (Å²) in [6, 6.07) is 19.7. The van der Waals surface area contributed by atoms with Gasteiger partial charge in [-0.05, 0) is 36.4 Å². The lowest BCUT2D eigenvalue weighted by Gasteiger charge is -2.17. The van der Waals surface area contributed by atoms with Crippen LogP contribution in [0.25, 0.3) is 22.4 Å². The maximum Gasteiger partial charge on any atom is 0.276 e. The molecule has 5 N–H and O–H groups in total. The maximum atomic E-state index is 12.9. The third kappa shape index (κ3) is 4.74. The first kappa shape index (κ1) is 21.8. The van der Waals surface area contributed by atoms with E-state index in [1.54, 1.807) is 54.5 Å². The molecule has 8 nitrogen and oxygen atoms in total. The van der Waals surface area contributed by atoms with Gasteiger partial charge in [0.15, 0.2) is 5.69 Å². The largest absolute Gasteiger partial charge is 0.397 e. The molecule has 0 aliphatic heterocycles. The van der Waals surface area contributed by atoms with Crippen LogP contribution in [0.3, 0.4) is 0 Å². The number of carbonyl (C=O) groups excluding carboxylic acids is 1. The Bertz CT molecular complexity index is 1390. The number of nitrogens with two attached hydrogens (primary N) is 2. The van der Waals surface area contributed by atoms with Crippen LogP contribution in [-0.2, 0) is 6.42 Å². The Kier molecular flexibility index (Phi) is 6.17. The minimum atomic E-state index is -0.435. The molecule has 0 atom stereocenters. The highest BCUT2D eigenvalue weighted by Gasteiger charge is 2.16. The highest BCUT2D eigenvalue weighted by Crippen LogP contribution is 2.19. The van der Waals surface area contributed by atoms with Crippen LogP contribution in [0.1, 0.15) is 27.3 Å². The Hall–Kier alpha value is -4.46. The molecule has 2 aromatic heterocycles. The summed E-state index contributed by atoms with van der Waals surface area (Å²) in [5.41, 5.74) is 15.5. The SMILES string of the molecule is CN(CCc1ccccn1)C(=O)c1cccc(/C(N)=C(\N)c2nc3ccccc3[nH]c2=O)c1. The zero-order valence-electron chi connectivity index (χ0n) is 18.2. The Morgan fingerprint density at radius 1 is 0.970 bits per heavy atom. The Morgan fingerprint density at radius 3 is 2.52 bits per heavy atom. The lowest BCUT2D eigenvalue weighted by molar-refractivity contribution is 0.0796. The van der Waals surface area contributed by atoms with Crippen molar-refractivity contribution in [2.24, 2.45) is 11.5 Å². The molecule has 1 amide bonds. The highest BCUT2D eigenvalue weighted by molar-refractivity contribution is 5.96. The van der Waals surface area contributed by atoms with Crippen molar-refractivity contribution in [3.05, 3.63) is 106 Å². The van der Waals surface area contributed by atoms with E-state index in [9.17, 15) is 9.59 Å². The fourth-order valence-electron chi connectivity index (χ4n) is 3.47. The van der Waals surface area contributed by atoms with Gasteiger partial charge in [-0.25, -0.2) is 4.98 Å². The van der Waals surface area contributed by atoms with Crippen molar-refractivity contribution in [2.45, 2.75) is 6.42 Å². The summed E-state index contributed by atoms with van der Waals surface area (Å²) < 4.78 is 0. The molecular weight excluding hydrogens is 416 g/mol. The molecule has 0 saturated heterocycles. The lowest BCUT2D eigenvalue weighted by Crippen LogP contribution is -2.29. The molecule has 0 unspecified atom stereocenters. The number of pyridine rings is 1. The third-order valence-corrected chi connectivity index (χ3v) is 5.34. The number of fused-ring (bicyclic) bond motifs is 1. The van der Waals surface area contributed by atoms with Crippen LogP contribution in [0, 0.1) is 0 Å². The van der Waals surface area contributed by atoms with Gasteiger partial charge in [-0.3, -0.25) is 14.6 Å². The molecule has 166 valence electrons. The van der Waals surface area contributed by atoms with Crippen LogP contribution in [0.5, 0.6) is 0 Å². The molecule has 0 aliphatic carbocycles. The first-order valence-corrected chi connectivity index (χ1v) is 10.4.